The van der Waals surface area contributed by atoms with Crippen molar-refractivity contribution in [2.45, 2.75) is 18.9 Å². The summed E-state index contributed by atoms with van der Waals surface area (Å²) in [5, 5.41) is 3.85. The Labute approximate surface area is 190 Å². The number of nitrogens with one attached hydrogen (secondary N) is 1. The van der Waals surface area contributed by atoms with Crippen molar-refractivity contribution in [1.82, 2.24) is 15.2 Å². The number of aromatic nitrogens is 1. The van der Waals surface area contributed by atoms with E-state index in [0.29, 0.717) is 18.1 Å². The first kappa shape index (κ1) is 20.7. The van der Waals surface area contributed by atoms with E-state index in [1.807, 2.05) is 42.5 Å². The van der Waals surface area contributed by atoms with Crippen molar-refractivity contribution in [1.29, 1.82) is 0 Å². The van der Waals surface area contributed by atoms with Crippen LogP contribution in [-0.4, -0.2) is 42.5 Å². The van der Waals surface area contributed by atoms with Gasteiger partial charge in [-0.2, -0.15) is 0 Å². The molecule has 1 fully saturated rings. The number of thiazole rings is 1. The highest BCUT2D eigenvalue weighted by molar-refractivity contribution is 7.21. The van der Waals surface area contributed by atoms with E-state index in [2.05, 4.69) is 27.3 Å². The smallest absolute Gasteiger partial charge is 0.287 e. The Morgan fingerprint density at radius 1 is 1.12 bits per heavy atom. The summed E-state index contributed by atoms with van der Waals surface area (Å²) in [5.74, 6) is 1.53. The fourth-order valence-corrected chi connectivity index (χ4v) is 5.09. The molecule has 0 saturated carbocycles. The predicted molar refractivity (Wildman–Crippen MR) is 126 cm³/mol. The number of methoxy groups -OCH3 is 1. The zero-order chi connectivity index (χ0) is 21.9. The summed E-state index contributed by atoms with van der Waals surface area (Å²) in [7, 11) is 1.67. The van der Waals surface area contributed by atoms with E-state index in [1.165, 1.54) is 18.4 Å². The lowest BCUT2D eigenvalue weighted by atomic mass is 10.1. The van der Waals surface area contributed by atoms with Crippen molar-refractivity contribution >= 4 is 27.5 Å². The Bertz CT molecular complexity index is 1180. The summed E-state index contributed by atoms with van der Waals surface area (Å²) < 4.78 is 12.2. The molecule has 1 saturated heterocycles. The molecule has 1 N–H and O–H groups in total. The highest BCUT2D eigenvalue weighted by Gasteiger charge is 2.25. The highest BCUT2D eigenvalue weighted by atomic mass is 32.1. The van der Waals surface area contributed by atoms with E-state index in [0.717, 1.165) is 34.1 Å². The normalized spacial score (nSPS) is 15.2. The molecular formula is C25H25N3O3S. The van der Waals surface area contributed by atoms with Crippen LogP contribution in [0.1, 0.15) is 35.0 Å². The van der Waals surface area contributed by atoms with Crippen LogP contribution in [0.5, 0.6) is 5.75 Å². The highest BCUT2D eigenvalue weighted by Crippen LogP contribution is 2.31. The topological polar surface area (TPSA) is 67.6 Å². The van der Waals surface area contributed by atoms with E-state index >= 15 is 0 Å². The average Bonchev–Trinajstić information content (AvgIpc) is 3.60. The van der Waals surface area contributed by atoms with Crippen LogP contribution in [-0.2, 0) is 0 Å². The minimum absolute atomic E-state index is 0.117. The fraction of sp³-hybridized carbons (Fsp3) is 0.280. The number of hydrogen-bond acceptors (Lipinski definition) is 6. The average molecular weight is 448 g/mol. The van der Waals surface area contributed by atoms with Gasteiger partial charge in [0.1, 0.15) is 5.75 Å². The van der Waals surface area contributed by atoms with Gasteiger partial charge in [0.15, 0.2) is 16.5 Å². The molecule has 0 bridgehead atoms. The van der Waals surface area contributed by atoms with Crippen LogP contribution >= 0.6 is 11.3 Å². The van der Waals surface area contributed by atoms with E-state index in [4.69, 9.17) is 9.15 Å². The molecule has 5 rings (SSSR count). The van der Waals surface area contributed by atoms with E-state index in [-0.39, 0.29) is 11.9 Å². The predicted octanol–water partition coefficient (Wildman–Crippen LogP) is 5.13. The molecule has 1 atom stereocenters. The van der Waals surface area contributed by atoms with Gasteiger partial charge in [-0.25, -0.2) is 4.98 Å². The number of hydrogen-bond donors (Lipinski definition) is 1. The van der Waals surface area contributed by atoms with Gasteiger partial charge in [0.2, 0.25) is 0 Å². The molecule has 2 aromatic carbocycles. The third-order valence-electron chi connectivity index (χ3n) is 5.87. The van der Waals surface area contributed by atoms with Gasteiger partial charge in [-0.05, 0) is 67.9 Å². The molecule has 164 valence electrons. The molecular weight excluding hydrogens is 422 g/mol. The third kappa shape index (κ3) is 4.26. The Kier molecular flexibility index (Phi) is 5.92. The van der Waals surface area contributed by atoms with Crippen LogP contribution in [0.15, 0.2) is 65.1 Å². The summed E-state index contributed by atoms with van der Waals surface area (Å²) in [4.78, 5) is 19.9. The molecule has 0 radical (unpaired) electrons. The molecule has 0 spiro atoms. The van der Waals surface area contributed by atoms with Crippen LogP contribution < -0.4 is 10.1 Å². The maximum absolute atomic E-state index is 12.9. The molecule has 4 aromatic rings. The number of furan rings is 1. The van der Waals surface area contributed by atoms with Gasteiger partial charge in [-0.1, -0.05) is 24.3 Å². The fourth-order valence-electron chi connectivity index (χ4n) is 4.17. The molecule has 7 heteroatoms. The Hall–Kier alpha value is -3.16. The minimum Gasteiger partial charge on any atom is -0.497 e. The number of amides is 1. The molecule has 0 aliphatic carbocycles. The summed E-state index contributed by atoms with van der Waals surface area (Å²) in [5.41, 5.74) is 2.10. The van der Waals surface area contributed by atoms with Gasteiger partial charge in [0, 0.05) is 6.54 Å². The first-order valence-corrected chi connectivity index (χ1v) is 11.6. The van der Waals surface area contributed by atoms with Gasteiger partial charge in [0.25, 0.3) is 5.91 Å². The number of rotatable bonds is 7. The van der Waals surface area contributed by atoms with Gasteiger partial charge < -0.3 is 14.5 Å². The Balaban J connectivity index is 1.30. The zero-order valence-electron chi connectivity index (χ0n) is 17.9. The zero-order valence-corrected chi connectivity index (χ0v) is 18.7. The minimum atomic E-state index is -0.213. The van der Waals surface area contributed by atoms with E-state index in [1.54, 1.807) is 24.5 Å². The van der Waals surface area contributed by atoms with Gasteiger partial charge in [-0.15, -0.1) is 11.3 Å². The van der Waals surface area contributed by atoms with Crippen molar-refractivity contribution < 1.29 is 13.9 Å². The van der Waals surface area contributed by atoms with Crippen LogP contribution in [0.4, 0.5) is 0 Å². The number of nitrogens with zero attached hydrogens (tertiary/aromatic N) is 2. The summed E-state index contributed by atoms with van der Waals surface area (Å²) in [6.07, 6.45) is 2.37. The molecule has 6 nitrogen and oxygen atoms in total. The van der Waals surface area contributed by atoms with Crippen molar-refractivity contribution in [3.05, 3.63) is 72.0 Å². The summed E-state index contributed by atoms with van der Waals surface area (Å²) in [6, 6.07) is 19.7. The molecule has 3 heterocycles. The summed E-state index contributed by atoms with van der Waals surface area (Å²) in [6.45, 7) is 2.59. The Morgan fingerprint density at radius 2 is 1.91 bits per heavy atom. The van der Waals surface area contributed by atoms with Crippen LogP contribution in [0.2, 0.25) is 0 Å². The number of carbonyl (C=O) groups is 1. The first-order valence-electron chi connectivity index (χ1n) is 10.8. The monoisotopic (exact) mass is 447 g/mol. The second-order valence-electron chi connectivity index (χ2n) is 7.89. The SMILES string of the molecule is COc1ccc([C@@H](CNC(=O)c2ccc(-c3nc4ccccc4s3)o2)N2CCCC2)cc1. The Morgan fingerprint density at radius 3 is 2.66 bits per heavy atom. The standard InChI is InChI=1S/C25H25N3O3S/c1-30-18-10-8-17(9-11-18)20(28-14-4-5-15-28)16-26-24(29)21-12-13-22(31-21)25-27-19-6-2-3-7-23(19)32-25/h2-3,6-13,20H,4-5,14-16H2,1H3,(H,26,29)/t20-/m1/s1. The maximum Gasteiger partial charge on any atom is 0.287 e. The number of benzene rings is 2. The van der Waals surface area contributed by atoms with Crippen molar-refractivity contribution in [3.8, 4) is 16.5 Å². The van der Waals surface area contributed by atoms with E-state index < -0.39 is 0 Å². The number of ether oxygens (including phenoxy) is 1. The molecule has 2 aromatic heterocycles. The number of carbonyl (C=O) groups excluding carboxylic acids is 1. The number of fused-ring (bicyclic) bond motifs is 1. The molecule has 1 aliphatic rings. The van der Waals surface area contributed by atoms with E-state index in [9.17, 15) is 4.79 Å². The van der Waals surface area contributed by atoms with Crippen molar-refractivity contribution in [3.63, 3.8) is 0 Å². The van der Waals surface area contributed by atoms with Gasteiger partial charge >= 0.3 is 0 Å². The lowest BCUT2D eigenvalue weighted by Gasteiger charge is -2.28. The van der Waals surface area contributed by atoms with Crippen molar-refractivity contribution in [2.75, 3.05) is 26.7 Å². The largest absolute Gasteiger partial charge is 0.497 e. The molecule has 1 aliphatic heterocycles. The lowest BCUT2D eigenvalue weighted by Crippen LogP contribution is -2.36. The second kappa shape index (κ2) is 9.14. The van der Waals surface area contributed by atoms with Crippen LogP contribution in [0.3, 0.4) is 0 Å². The van der Waals surface area contributed by atoms with Gasteiger partial charge in [-0.3, -0.25) is 9.69 Å². The second-order valence-corrected chi connectivity index (χ2v) is 8.92. The third-order valence-corrected chi connectivity index (χ3v) is 6.92. The first-order chi connectivity index (χ1) is 15.7. The number of para-hydroxylation sites is 1. The maximum atomic E-state index is 12.9. The molecule has 0 unspecified atom stereocenters. The van der Waals surface area contributed by atoms with Crippen LogP contribution in [0.25, 0.3) is 21.0 Å². The van der Waals surface area contributed by atoms with Gasteiger partial charge in [0.05, 0.1) is 23.4 Å². The van der Waals surface area contributed by atoms with Crippen LogP contribution in [0, 0.1) is 0 Å². The lowest BCUT2D eigenvalue weighted by molar-refractivity contribution is 0.0911. The quantitative estimate of drug-likeness (QED) is 0.425. The molecule has 1 amide bonds. The number of likely N-dealkylation sites (tertiary alicyclic amines) is 1. The van der Waals surface area contributed by atoms with Crippen molar-refractivity contribution in [2.24, 2.45) is 0 Å². The molecule has 32 heavy (non-hydrogen) atoms. The summed E-state index contributed by atoms with van der Waals surface area (Å²) >= 11 is 1.56.